The van der Waals surface area contributed by atoms with Crippen LogP contribution in [0.5, 0.6) is 0 Å². The second kappa shape index (κ2) is 10.5. The van der Waals surface area contributed by atoms with Crippen molar-refractivity contribution in [1.82, 2.24) is 4.98 Å². The van der Waals surface area contributed by atoms with Crippen molar-refractivity contribution in [3.63, 3.8) is 0 Å². The summed E-state index contributed by atoms with van der Waals surface area (Å²) in [6.45, 7) is 6.53. The van der Waals surface area contributed by atoms with Crippen molar-refractivity contribution in [2.75, 3.05) is 0 Å². The van der Waals surface area contributed by atoms with Gasteiger partial charge < -0.3 is 10.2 Å². The lowest BCUT2D eigenvalue weighted by atomic mass is 9.91. The van der Waals surface area contributed by atoms with Gasteiger partial charge in [-0.05, 0) is 59.6 Å². The molecule has 0 amide bonds. The molecule has 3 aromatic rings. The molecule has 1 heterocycles. The van der Waals surface area contributed by atoms with Gasteiger partial charge in [-0.15, -0.1) is 0 Å². The van der Waals surface area contributed by atoms with Crippen molar-refractivity contribution in [3.8, 4) is 34.2 Å². The zero-order valence-corrected chi connectivity index (χ0v) is 20.7. The van der Waals surface area contributed by atoms with E-state index in [1.165, 1.54) is 6.07 Å². The molecule has 1 aromatic heterocycles. The molecule has 0 bridgehead atoms. The van der Waals surface area contributed by atoms with E-state index in [2.05, 4.69) is 11.8 Å². The SMILES string of the molecule is Cc1cc(-c2cc(-c3ccccc3)nc(C(C)C)c2C#CC(C(=O)O)(C(C)O)[P+](=O)O)ccc1F. The molecule has 0 spiro atoms. The number of aliphatic hydroxyl groups is 1. The Bertz CT molecular complexity index is 1330. The predicted octanol–water partition coefficient (Wildman–Crippen LogP) is 5.28. The molecule has 0 saturated heterocycles. The molecule has 35 heavy (non-hydrogen) atoms. The van der Waals surface area contributed by atoms with E-state index in [4.69, 9.17) is 4.98 Å². The molecule has 6 nitrogen and oxygen atoms in total. The Morgan fingerprint density at radius 1 is 1.09 bits per heavy atom. The third kappa shape index (κ3) is 5.16. The highest BCUT2D eigenvalue weighted by atomic mass is 31.1. The molecule has 2 aromatic carbocycles. The number of nitrogens with zero attached hydrogens (tertiary/aromatic N) is 1. The summed E-state index contributed by atoms with van der Waals surface area (Å²) in [4.78, 5) is 26.6. The van der Waals surface area contributed by atoms with Gasteiger partial charge in [-0.2, -0.15) is 4.89 Å². The molecule has 0 aliphatic heterocycles. The van der Waals surface area contributed by atoms with Gasteiger partial charge in [0.1, 0.15) is 11.9 Å². The van der Waals surface area contributed by atoms with Gasteiger partial charge in [0, 0.05) is 11.1 Å². The molecule has 0 aliphatic carbocycles. The van der Waals surface area contributed by atoms with Crippen molar-refractivity contribution in [3.05, 3.63) is 77.2 Å². The largest absolute Gasteiger partial charge is 0.540 e. The zero-order valence-electron chi connectivity index (χ0n) is 19.8. The van der Waals surface area contributed by atoms with E-state index in [1.807, 2.05) is 44.2 Å². The minimum atomic E-state index is -3.41. The first-order valence-electron chi connectivity index (χ1n) is 11.0. The smallest absolute Gasteiger partial charge is 0.477 e. The van der Waals surface area contributed by atoms with Crippen LogP contribution in [0.15, 0.2) is 54.6 Å². The Balaban J connectivity index is 2.42. The van der Waals surface area contributed by atoms with Gasteiger partial charge in [-0.25, -0.2) is 9.18 Å². The van der Waals surface area contributed by atoms with Gasteiger partial charge in [0.2, 0.25) is 0 Å². The van der Waals surface area contributed by atoms with E-state index in [1.54, 1.807) is 25.1 Å². The summed E-state index contributed by atoms with van der Waals surface area (Å²) in [5, 5.41) is 17.2. The molecule has 0 radical (unpaired) electrons. The van der Waals surface area contributed by atoms with Gasteiger partial charge in [-0.1, -0.05) is 56.2 Å². The monoisotopic (exact) mass is 494 g/mol. The molecular formula is C27H26FNO5P+. The third-order valence-corrected chi connectivity index (χ3v) is 7.02. The molecule has 3 unspecified atom stereocenters. The molecule has 8 heteroatoms. The van der Waals surface area contributed by atoms with Crippen molar-refractivity contribution in [1.29, 1.82) is 0 Å². The normalized spacial score (nSPS) is 14.0. The number of benzene rings is 2. The van der Waals surface area contributed by atoms with E-state index in [0.717, 1.165) is 12.5 Å². The lowest BCUT2D eigenvalue weighted by Crippen LogP contribution is -2.43. The first-order valence-corrected chi connectivity index (χ1v) is 12.2. The maximum absolute atomic E-state index is 14.0. The van der Waals surface area contributed by atoms with Crippen LogP contribution < -0.4 is 0 Å². The fourth-order valence-corrected chi connectivity index (χ4v) is 4.33. The maximum Gasteiger partial charge on any atom is 0.540 e. The molecule has 3 N–H and O–H groups in total. The molecule has 0 saturated carbocycles. The molecule has 0 fully saturated rings. The fraction of sp³-hybridized carbons (Fsp3) is 0.259. The number of pyridine rings is 1. The summed E-state index contributed by atoms with van der Waals surface area (Å²) in [7, 11) is -3.41. The minimum Gasteiger partial charge on any atom is -0.477 e. The van der Waals surface area contributed by atoms with Crippen LogP contribution in [0.1, 0.15) is 43.5 Å². The summed E-state index contributed by atoms with van der Waals surface area (Å²) < 4.78 is 26.1. The number of hydrogen-bond donors (Lipinski definition) is 3. The van der Waals surface area contributed by atoms with Gasteiger partial charge in [-0.3, -0.25) is 4.98 Å². The number of aromatic nitrogens is 1. The second-order valence-electron chi connectivity index (χ2n) is 8.57. The number of carboxylic acid groups (broad SMARTS) is 1. The van der Waals surface area contributed by atoms with Crippen molar-refractivity contribution >= 4 is 14.0 Å². The van der Waals surface area contributed by atoms with Crippen LogP contribution in [-0.2, 0) is 9.36 Å². The van der Waals surface area contributed by atoms with E-state index >= 15 is 0 Å². The highest BCUT2D eigenvalue weighted by Crippen LogP contribution is 2.39. The number of aliphatic hydroxyl groups excluding tert-OH is 1. The van der Waals surface area contributed by atoms with Crippen LogP contribution in [0.2, 0.25) is 0 Å². The Morgan fingerprint density at radius 2 is 1.74 bits per heavy atom. The number of carbonyl (C=O) groups is 1. The number of carboxylic acids is 1. The predicted molar refractivity (Wildman–Crippen MR) is 133 cm³/mol. The average Bonchev–Trinajstić information content (AvgIpc) is 2.80. The van der Waals surface area contributed by atoms with Crippen LogP contribution in [0.25, 0.3) is 22.4 Å². The summed E-state index contributed by atoms with van der Waals surface area (Å²) in [6.07, 6.45) is -1.73. The van der Waals surface area contributed by atoms with Crippen LogP contribution in [0, 0.1) is 24.6 Å². The number of aliphatic carboxylic acids is 1. The van der Waals surface area contributed by atoms with Gasteiger partial charge >= 0.3 is 19.2 Å². The van der Waals surface area contributed by atoms with E-state index in [0.29, 0.717) is 33.6 Å². The third-order valence-electron chi connectivity index (χ3n) is 5.74. The van der Waals surface area contributed by atoms with Crippen LogP contribution >= 0.6 is 8.03 Å². The Labute approximate surface area is 204 Å². The van der Waals surface area contributed by atoms with Crippen molar-refractivity contribution in [2.45, 2.75) is 44.9 Å². The van der Waals surface area contributed by atoms with Crippen molar-refractivity contribution < 1.29 is 28.9 Å². The van der Waals surface area contributed by atoms with Crippen LogP contribution in [-0.4, -0.2) is 37.3 Å². The number of aryl methyl sites for hydroxylation is 1. The lowest BCUT2D eigenvalue weighted by Gasteiger charge is -2.17. The van der Waals surface area contributed by atoms with Gasteiger partial charge in [0.15, 0.2) is 0 Å². The Kier molecular flexibility index (Phi) is 7.82. The summed E-state index contributed by atoms with van der Waals surface area (Å²) in [5.41, 5.74) is 3.97. The van der Waals surface area contributed by atoms with E-state index in [9.17, 15) is 28.9 Å². The maximum atomic E-state index is 14.0. The summed E-state index contributed by atoms with van der Waals surface area (Å²) in [6, 6.07) is 15.8. The number of rotatable bonds is 6. The summed E-state index contributed by atoms with van der Waals surface area (Å²) in [5.74, 6) is 2.92. The number of hydrogen-bond acceptors (Lipinski definition) is 4. The molecule has 3 rings (SSSR count). The lowest BCUT2D eigenvalue weighted by molar-refractivity contribution is -0.141. The fourth-order valence-electron chi connectivity index (χ4n) is 3.69. The Morgan fingerprint density at radius 3 is 2.26 bits per heavy atom. The van der Waals surface area contributed by atoms with Crippen LogP contribution in [0.4, 0.5) is 4.39 Å². The van der Waals surface area contributed by atoms with Gasteiger partial charge in [0.25, 0.3) is 0 Å². The molecule has 3 atom stereocenters. The topological polar surface area (TPSA) is 108 Å². The van der Waals surface area contributed by atoms with E-state index < -0.39 is 25.3 Å². The Hall–Kier alpha value is -3.43. The number of halogens is 1. The molecule has 0 aliphatic rings. The average molecular weight is 494 g/mol. The first-order chi connectivity index (χ1) is 16.5. The standard InChI is InChI=1S/C27H25FNO5P/c1-16(2)25-21(12-13-27(18(4)30,26(31)32)35(33)34)22(20-10-11-23(28)17(3)14-20)15-24(29-25)19-8-6-5-7-9-19/h5-11,14-16,18,30H,1-4H3,(H-,31,32,33,34)/p+1. The highest BCUT2D eigenvalue weighted by molar-refractivity contribution is 7.42. The summed E-state index contributed by atoms with van der Waals surface area (Å²) >= 11 is 0. The molecule has 180 valence electrons. The van der Waals surface area contributed by atoms with Crippen LogP contribution in [0.3, 0.4) is 0 Å². The second-order valence-corrected chi connectivity index (χ2v) is 9.82. The zero-order chi connectivity index (χ0) is 25.9. The molecular weight excluding hydrogens is 468 g/mol. The quantitative estimate of drug-likeness (QED) is 0.318. The minimum absolute atomic E-state index is 0.156. The van der Waals surface area contributed by atoms with Crippen molar-refractivity contribution in [2.24, 2.45) is 0 Å². The highest BCUT2D eigenvalue weighted by Gasteiger charge is 2.60. The van der Waals surface area contributed by atoms with Gasteiger partial charge in [0.05, 0.1) is 17.0 Å². The first kappa shape index (κ1) is 26.2. The van der Waals surface area contributed by atoms with E-state index in [-0.39, 0.29) is 11.7 Å².